The molecule has 0 bridgehead atoms. The number of hydrogen-bond donors (Lipinski definition) is 1. The van der Waals surface area contributed by atoms with Crippen molar-refractivity contribution in [3.8, 4) is 0 Å². The van der Waals surface area contributed by atoms with Crippen LogP contribution in [0.1, 0.15) is 37.8 Å². The molecule has 1 N–H and O–H groups in total. The van der Waals surface area contributed by atoms with Gasteiger partial charge in [-0.3, -0.25) is 4.90 Å². The predicted octanol–water partition coefficient (Wildman–Crippen LogP) is 3.59. The Labute approximate surface area is 119 Å². The van der Waals surface area contributed by atoms with E-state index in [2.05, 4.69) is 57.3 Å². The molecule has 2 nitrogen and oxygen atoms in total. The fraction of sp³-hybridized carbons (Fsp3) is 0.600. The van der Waals surface area contributed by atoms with Crippen molar-refractivity contribution in [1.82, 2.24) is 10.2 Å². The lowest BCUT2D eigenvalue weighted by Crippen LogP contribution is -2.45. The molecule has 100 valence electrons. The number of rotatable bonds is 5. The molecule has 1 aromatic rings. The van der Waals surface area contributed by atoms with Gasteiger partial charge in [0.05, 0.1) is 0 Å². The SMILES string of the molecule is CCCCC(c1ccc(Br)cc1)N1CCNCC1. The van der Waals surface area contributed by atoms with Gasteiger partial charge in [0.1, 0.15) is 0 Å². The molecule has 1 fully saturated rings. The fourth-order valence-corrected chi connectivity index (χ4v) is 2.90. The molecule has 0 aromatic heterocycles. The van der Waals surface area contributed by atoms with Crippen molar-refractivity contribution in [3.63, 3.8) is 0 Å². The normalized spacial score (nSPS) is 18.8. The molecule has 1 unspecified atom stereocenters. The van der Waals surface area contributed by atoms with Crippen molar-refractivity contribution in [2.24, 2.45) is 0 Å². The Morgan fingerprint density at radius 1 is 1.22 bits per heavy atom. The second-order valence-corrected chi connectivity index (χ2v) is 5.91. The second-order valence-electron chi connectivity index (χ2n) is 5.00. The summed E-state index contributed by atoms with van der Waals surface area (Å²) in [6.07, 6.45) is 3.86. The van der Waals surface area contributed by atoms with Gasteiger partial charge < -0.3 is 5.32 Å². The molecule has 3 heteroatoms. The van der Waals surface area contributed by atoms with Crippen LogP contribution in [-0.2, 0) is 0 Å². The second kappa shape index (κ2) is 7.27. The van der Waals surface area contributed by atoms with Gasteiger partial charge in [-0.2, -0.15) is 0 Å². The van der Waals surface area contributed by atoms with Gasteiger partial charge in [0.15, 0.2) is 0 Å². The zero-order valence-electron chi connectivity index (χ0n) is 11.2. The van der Waals surface area contributed by atoms with Gasteiger partial charge in [0.2, 0.25) is 0 Å². The third-order valence-electron chi connectivity index (χ3n) is 3.68. The lowest BCUT2D eigenvalue weighted by Gasteiger charge is -2.35. The maximum Gasteiger partial charge on any atom is 0.0349 e. The van der Waals surface area contributed by atoms with E-state index in [1.807, 2.05) is 0 Å². The zero-order chi connectivity index (χ0) is 12.8. The first kappa shape index (κ1) is 14.0. The Bertz CT molecular complexity index is 344. The highest BCUT2D eigenvalue weighted by Gasteiger charge is 2.21. The predicted molar refractivity (Wildman–Crippen MR) is 80.9 cm³/mol. The van der Waals surface area contributed by atoms with Crippen LogP contribution in [0.3, 0.4) is 0 Å². The summed E-state index contributed by atoms with van der Waals surface area (Å²) in [5, 5.41) is 3.44. The molecule has 1 saturated heterocycles. The molecule has 0 aliphatic carbocycles. The van der Waals surface area contributed by atoms with Crippen molar-refractivity contribution < 1.29 is 0 Å². The van der Waals surface area contributed by atoms with E-state index in [0.717, 1.165) is 13.1 Å². The van der Waals surface area contributed by atoms with Gasteiger partial charge in [-0.15, -0.1) is 0 Å². The van der Waals surface area contributed by atoms with E-state index in [0.29, 0.717) is 6.04 Å². The van der Waals surface area contributed by atoms with Crippen LogP contribution in [0.4, 0.5) is 0 Å². The lowest BCUT2D eigenvalue weighted by atomic mass is 9.99. The molecule has 0 spiro atoms. The van der Waals surface area contributed by atoms with Crippen LogP contribution in [0, 0.1) is 0 Å². The summed E-state index contributed by atoms with van der Waals surface area (Å²) in [6.45, 7) is 6.86. The molecule has 0 amide bonds. The Morgan fingerprint density at radius 2 is 1.89 bits per heavy atom. The number of nitrogens with one attached hydrogen (secondary N) is 1. The summed E-state index contributed by atoms with van der Waals surface area (Å²) in [5.41, 5.74) is 1.47. The summed E-state index contributed by atoms with van der Waals surface area (Å²) in [5.74, 6) is 0. The quantitative estimate of drug-likeness (QED) is 0.894. The van der Waals surface area contributed by atoms with Crippen molar-refractivity contribution in [2.45, 2.75) is 32.2 Å². The average Bonchev–Trinajstić information content (AvgIpc) is 2.42. The topological polar surface area (TPSA) is 15.3 Å². The third kappa shape index (κ3) is 3.81. The highest BCUT2D eigenvalue weighted by atomic mass is 79.9. The largest absolute Gasteiger partial charge is 0.314 e. The third-order valence-corrected chi connectivity index (χ3v) is 4.21. The van der Waals surface area contributed by atoms with Crippen LogP contribution in [0.25, 0.3) is 0 Å². The van der Waals surface area contributed by atoms with Gasteiger partial charge in [-0.25, -0.2) is 0 Å². The van der Waals surface area contributed by atoms with Gasteiger partial charge in [0, 0.05) is 36.7 Å². The van der Waals surface area contributed by atoms with Crippen molar-refractivity contribution in [1.29, 1.82) is 0 Å². The van der Waals surface area contributed by atoms with E-state index in [-0.39, 0.29) is 0 Å². The van der Waals surface area contributed by atoms with E-state index in [9.17, 15) is 0 Å². The van der Waals surface area contributed by atoms with Crippen molar-refractivity contribution >= 4 is 15.9 Å². The van der Waals surface area contributed by atoms with Crippen LogP contribution < -0.4 is 5.32 Å². The fourth-order valence-electron chi connectivity index (χ4n) is 2.64. The first-order chi connectivity index (χ1) is 8.81. The zero-order valence-corrected chi connectivity index (χ0v) is 12.7. The summed E-state index contributed by atoms with van der Waals surface area (Å²) < 4.78 is 1.17. The summed E-state index contributed by atoms with van der Waals surface area (Å²) in [7, 11) is 0. The van der Waals surface area contributed by atoms with E-state index in [1.165, 1.54) is 42.4 Å². The molecule has 1 heterocycles. The minimum absolute atomic E-state index is 0.597. The van der Waals surface area contributed by atoms with E-state index < -0.39 is 0 Å². The smallest absolute Gasteiger partial charge is 0.0349 e. The Morgan fingerprint density at radius 3 is 2.50 bits per heavy atom. The molecule has 0 saturated carbocycles. The molecule has 18 heavy (non-hydrogen) atoms. The number of piperazine rings is 1. The highest BCUT2D eigenvalue weighted by Crippen LogP contribution is 2.27. The number of halogens is 1. The minimum Gasteiger partial charge on any atom is -0.314 e. The average molecular weight is 311 g/mol. The first-order valence-electron chi connectivity index (χ1n) is 7.01. The van der Waals surface area contributed by atoms with Crippen LogP contribution in [-0.4, -0.2) is 31.1 Å². The minimum atomic E-state index is 0.597. The maximum absolute atomic E-state index is 3.52. The first-order valence-corrected chi connectivity index (χ1v) is 7.81. The monoisotopic (exact) mass is 310 g/mol. The van der Waals surface area contributed by atoms with Crippen LogP contribution in [0.5, 0.6) is 0 Å². The Kier molecular flexibility index (Phi) is 5.67. The molecule has 1 aliphatic rings. The molecular weight excluding hydrogens is 288 g/mol. The van der Waals surface area contributed by atoms with Gasteiger partial charge >= 0.3 is 0 Å². The van der Waals surface area contributed by atoms with Crippen molar-refractivity contribution in [3.05, 3.63) is 34.3 Å². The molecule has 0 radical (unpaired) electrons. The van der Waals surface area contributed by atoms with Gasteiger partial charge in [-0.1, -0.05) is 47.8 Å². The summed E-state index contributed by atoms with van der Waals surface area (Å²) in [4.78, 5) is 2.63. The Hall–Kier alpha value is -0.380. The standard InChI is InChI=1S/C15H23BrN2/c1-2-3-4-15(18-11-9-17-10-12-18)13-5-7-14(16)8-6-13/h5-8,15,17H,2-4,9-12H2,1H3. The van der Waals surface area contributed by atoms with Gasteiger partial charge in [0.25, 0.3) is 0 Å². The lowest BCUT2D eigenvalue weighted by molar-refractivity contribution is 0.163. The van der Waals surface area contributed by atoms with E-state index in [1.54, 1.807) is 0 Å². The Balaban J connectivity index is 2.10. The maximum atomic E-state index is 3.52. The number of unbranched alkanes of at least 4 members (excludes halogenated alkanes) is 1. The number of nitrogens with zero attached hydrogens (tertiary/aromatic N) is 1. The number of hydrogen-bond acceptors (Lipinski definition) is 2. The number of benzene rings is 1. The summed E-state index contributed by atoms with van der Waals surface area (Å²) in [6, 6.07) is 9.46. The molecule has 1 aliphatic heterocycles. The van der Waals surface area contributed by atoms with Crippen LogP contribution in [0.2, 0.25) is 0 Å². The molecule has 1 atom stereocenters. The van der Waals surface area contributed by atoms with Crippen molar-refractivity contribution in [2.75, 3.05) is 26.2 Å². The van der Waals surface area contributed by atoms with E-state index in [4.69, 9.17) is 0 Å². The molecular formula is C15H23BrN2. The molecule has 1 aromatic carbocycles. The highest BCUT2D eigenvalue weighted by molar-refractivity contribution is 9.10. The van der Waals surface area contributed by atoms with Crippen LogP contribution >= 0.6 is 15.9 Å². The van der Waals surface area contributed by atoms with Gasteiger partial charge in [-0.05, 0) is 24.1 Å². The van der Waals surface area contributed by atoms with Crippen LogP contribution in [0.15, 0.2) is 28.7 Å². The van der Waals surface area contributed by atoms with E-state index >= 15 is 0 Å². The molecule has 2 rings (SSSR count). The summed E-state index contributed by atoms with van der Waals surface area (Å²) >= 11 is 3.52.